The van der Waals surface area contributed by atoms with E-state index in [-0.39, 0.29) is 42.8 Å². The molecule has 9 heteroatoms. The van der Waals surface area contributed by atoms with Crippen LogP contribution >= 0.6 is 0 Å². The molecule has 0 aromatic heterocycles. The minimum Gasteiger partial charge on any atom is -0.481 e. The number of hydrogen-bond donors (Lipinski definition) is 3. The van der Waals surface area contributed by atoms with Gasteiger partial charge in [0, 0.05) is 18.9 Å². The van der Waals surface area contributed by atoms with Crippen molar-refractivity contribution in [3.05, 3.63) is 12.2 Å². The fourth-order valence-corrected chi connectivity index (χ4v) is 5.61. The maximum Gasteiger partial charge on any atom is 0.303 e. The predicted molar refractivity (Wildman–Crippen MR) is 119 cm³/mol. The first-order valence-corrected chi connectivity index (χ1v) is 13.2. The molecule has 0 radical (unpaired) electrons. The molecule has 0 spiro atoms. The Bertz CT molecular complexity index is 709. The van der Waals surface area contributed by atoms with Gasteiger partial charge in [-0.1, -0.05) is 31.9 Å². The second-order valence-corrected chi connectivity index (χ2v) is 10.5. The average Bonchev–Trinajstić information content (AvgIpc) is 3.32. The third-order valence-corrected chi connectivity index (χ3v) is 7.60. The van der Waals surface area contributed by atoms with Crippen LogP contribution in [0.5, 0.6) is 0 Å². The lowest BCUT2D eigenvalue weighted by atomic mass is 9.77. The van der Waals surface area contributed by atoms with E-state index in [4.69, 9.17) is 9.84 Å². The monoisotopic (exact) mass is 458 g/mol. The van der Waals surface area contributed by atoms with Crippen molar-refractivity contribution in [2.24, 2.45) is 11.8 Å². The van der Waals surface area contributed by atoms with E-state index < -0.39 is 16.0 Å². The maximum absolute atomic E-state index is 12.2. The minimum atomic E-state index is -3.41. The highest BCUT2D eigenvalue weighted by molar-refractivity contribution is 7.89. The molecule has 2 heterocycles. The molecule has 31 heavy (non-hydrogen) atoms. The summed E-state index contributed by atoms with van der Waals surface area (Å²) in [6.45, 7) is 2.30. The van der Waals surface area contributed by atoms with Crippen LogP contribution in [0.4, 0.5) is 0 Å². The van der Waals surface area contributed by atoms with Crippen LogP contribution in [0.3, 0.4) is 0 Å². The summed E-state index contributed by atoms with van der Waals surface area (Å²) in [5.74, 6) is -0.376. The van der Waals surface area contributed by atoms with E-state index in [9.17, 15) is 18.0 Å². The zero-order valence-corrected chi connectivity index (χ0v) is 19.4. The number of hydrogen-bond acceptors (Lipinski definition) is 5. The van der Waals surface area contributed by atoms with Crippen molar-refractivity contribution >= 4 is 21.9 Å². The molecule has 2 fully saturated rings. The Balaban J connectivity index is 1.70. The van der Waals surface area contributed by atoms with Crippen LogP contribution in [0.1, 0.15) is 71.1 Å². The molecule has 178 valence electrons. The molecule has 2 saturated heterocycles. The van der Waals surface area contributed by atoms with E-state index in [0.29, 0.717) is 25.3 Å². The fourth-order valence-electron chi connectivity index (χ4n) is 4.53. The molecule has 0 aliphatic carbocycles. The van der Waals surface area contributed by atoms with Gasteiger partial charge in [0.1, 0.15) is 0 Å². The number of carboxylic acid groups (broad SMARTS) is 1. The smallest absolute Gasteiger partial charge is 0.303 e. The van der Waals surface area contributed by atoms with Gasteiger partial charge >= 0.3 is 5.97 Å². The fraction of sp³-hybridized carbons (Fsp3) is 0.818. The first-order valence-electron chi connectivity index (χ1n) is 11.6. The number of amides is 1. The van der Waals surface area contributed by atoms with E-state index in [1.807, 2.05) is 13.0 Å². The van der Waals surface area contributed by atoms with E-state index in [1.54, 1.807) is 0 Å². The molecule has 0 aromatic carbocycles. The number of carboxylic acids is 1. The highest BCUT2D eigenvalue weighted by Crippen LogP contribution is 2.45. The number of rotatable bonds is 16. The summed E-state index contributed by atoms with van der Waals surface area (Å²) in [7, 11) is -3.41. The van der Waals surface area contributed by atoms with Crippen LogP contribution in [-0.2, 0) is 24.3 Å². The number of nitrogens with one attached hydrogen (secondary N) is 2. The standard InChI is InChI=1S/C22H38N2O6S/c1-2-3-9-14-31(28,29)24-16-21(25)23-15-18-17(19-12-13-20(18)30-19)10-7-5-4-6-8-11-22(26)27/h4-5,17-20,24H,2-3,6-16H2,1H3,(H,23,25)(H,26,27)/b5-4-/t17-,18+,19-,20+/m0/s1. The topological polar surface area (TPSA) is 122 Å². The van der Waals surface area contributed by atoms with Crippen LogP contribution in [0.25, 0.3) is 0 Å². The predicted octanol–water partition coefficient (Wildman–Crippen LogP) is 2.60. The lowest BCUT2D eigenvalue weighted by Crippen LogP contribution is -2.42. The summed E-state index contributed by atoms with van der Waals surface area (Å²) in [4.78, 5) is 22.7. The van der Waals surface area contributed by atoms with Gasteiger partial charge < -0.3 is 15.2 Å². The summed E-state index contributed by atoms with van der Waals surface area (Å²) in [5, 5.41) is 11.5. The molecule has 2 aliphatic rings. The molecular weight excluding hydrogens is 420 g/mol. The van der Waals surface area contributed by atoms with Crippen molar-refractivity contribution in [1.29, 1.82) is 0 Å². The molecule has 8 nitrogen and oxygen atoms in total. The first-order chi connectivity index (χ1) is 14.8. The van der Waals surface area contributed by atoms with Crippen LogP contribution in [0.2, 0.25) is 0 Å². The Labute approximate surface area is 186 Å². The van der Waals surface area contributed by atoms with Crippen molar-refractivity contribution in [1.82, 2.24) is 10.0 Å². The summed E-state index contributed by atoms with van der Waals surface area (Å²) in [6, 6.07) is 0. The Kier molecular flexibility index (Phi) is 11.0. The van der Waals surface area contributed by atoms with Crippen molar-refractivity contribution in [2.75, 3.05) is 18.8 Å². The van der Waals surface area contributed by atoms with Gasteiger partial charge in [-0.15, -0.1) is 0 Å². The van der Waals surface area contributed by atoms with E-state index >= 15 is 0 Å². The van der Waals surface area contributed by atoms with Gasteiger partial charge in [0.25, 0.3) is 0 Å². The van der Waals surface area contributed by atoms with Crippen LogP contribution in [-0.4, -0.2) is 56.5 Å². The minimum absolute atomic E-state index is 0.0558. The van der Waals surface area contributed by atoms with Gasteiger partial charge in [0.05, 0.1) is 24.5 Å². The second kappa shape index (κ2) is 13.2. The number of carbonyl (C=O) groups is 2. The molecule has 2 rings (SSSR count). The molecule has 3 N–H and O–H groups in total. The van der Waals surface area contributed by atoms with Gasteiger partial charge in [-0.3, -0.25) is 9.59 Å². The number of fused-ring (bicyclic) bond motifs is 2. The van der Waals surface area contributed by atoms with Crippen molar-refractivity contribution < 1.29 is 27.9 Å². The van der Waals surface area contributed by atoms with Gasteiger partial charge in [-0.05, 0) is 50.9 Å². The maximum atomic E-state index is 12.2. The number of sulfonamides is 1. The summed E-state index contributed by atoms with van der Waals surface area (Å²) in [6.07, 6.45) is 12.5. The van der Waals surface area contributed by atoms with Crippen molar-refractivity contribution in [3.8, 4) is 0 Å². The molecule has 0 aromatic rings. The average molecular weight is 459 g/mol. The molecular formula is C22H38N2O6S. The first kappa shape index (κ1) is 25.8. The zero-order chi connectivity index (χ0) is 22.7. The van der Waals surface area contributed by atoms with Crippen molar-refractivity contribution in [3.63, 3.8) is 0 Å². The Morgan fingerprint density at radius 3 is 2.48 bits per heavy atom. The zero-order valence-electron chi connectivity index (χ0n) is 18.6. The number of ether oxygens (including phenoxy) is 1. The van der Waals surface area contributed by atoms with Gasteiger partial charge in [-0.2, -0.15) is 0 Å². The van der Waals surface area contributed by atoms with E-state index in [0.717, 1.165) is 44.9 Å². The van der Waals surface area contributed by atoms with Crippen molar-refractivity contribution in [2.45, 2.75) is 83.3 Å². The van der Waals surface area contributed by atoms with Gasteiger partial charge in [0.15, 0.2) is 0 Å². The Hall–Kier alpha value is -1.45. The summed E-state index contributed by atoms with van der Waals surface area (Å²) < 4.78 is 32.3. The summed E-state index contributed by atoms with van der Waals surface area (Å²) >= 11 is 0. The molecule has 2 bridgehead atoms. The number of aliphatic carboxylic acids is 1. The quantitative estimate of drug-likeness (QED) is 0.241. The second-order valence-electron chi connectivity index (χ2n) is 8.60. The molecule has 4 atom stereocenters. The number of allylic oxidation sites excluding steroid dienone is 2. The molecule has 0 saturated carbocycles. The molecule has 0 unspecified atom stereocenters. The third kappa shape index (κ3) is 9.29. The number of carbonyl (C=O) groups excluding carboxylic acids is 1. The van der Waals surface area contributed by atoms with Crippen LogP contribution in [0.15, 0.2) is 12.2 Å². The highest BCUT2D eigenvalue weighted by atomic mass is 32.2. The normalized spacial score (nSPS) is 25.3. The van der Waals surface area contributed by atoms with E-state index in [1.165, 1.54) is 0 Å². The molecule has 1 amide bonds. The third-order valence-electron chi connectivity index (χ3n) is 6.19. The number of unbranched alkanes of at least 4 members (excludes halogenated alkanes) is 3. The largest absolute Gasteiger partial charge is 0.481 e. The SMILES string of the molecule is CCCCCS(=O)(=O)NCC(=O)NC[C@@H]1[C@H](CC/C=C\CCCC(=O)O)[C@@H]2CC[C@H]1O2. The van der Waals surface area contributed by atoms with Gasteiger partial charge in [0.2, 0.25) is 15.9 Å². The summed E-state index contributed by atoms with van der Waals surface area (Å²) in [5.41, 5.74) is 0. The molecule has 2 aliphatic heterocycles. The highest BCUT2D eigenvalue weighted by Gasteiger charge is 2.48. The lowest BCUT2D eigenvalue weighted by Gasteiger charge is -2.28. The Morgan fingerprint density at radius 2 is 1.77 bits per heavy atom. The van der Waals surface area contributed by atoms with Crippen LogP contribution < -0.4 is 10.0 Å². The van der Waals surface area contributed by atoms with Crippen LogP contribution in [0, 0.1) is 11.8 Å². The Morgan fingerprint density at radius 1 is 1.06 bits per heavy atom. The van der Waals surface area contributed by atoms with E-state index in [2.05, 4.69) is 16.1 Å². The van der Waals surface area contributed by atoms with Gasteiger partial charge in [-0.25, -0.2) is 13.1 Å². The lowest BCUT2D eigenvalue weighted by molar-refractivity contribution is -0.137.